The number of rotatable bonds is 39. The highest BCUT2D eigenvalue weighted by molar-refractivity contribution is 7.45. The number of quaternary nitrogens is 1. The Morgan fingerprint density at radius 2 is 1.06 bits per heavy atom. The van der Waals surface area contributed by atoms with E-state index in [9.17, 15) is 19.4 Å². The first kappa shape index (κ1) is 51.7. The second-order valence-corrected chi connectivity index (χ2v) is 17.4. The standard InChI is InChI=1S/C44H85N2O6P/c1-6-8-10-12-14-16-18-20-22-23-24-26-28-30-32-34-36-38-44(48)45-42(41-52-53(49,50)51-40-39-46(3,4)5)43(47)37-35-33-31-29-27-25-21-19-17-15-13-11-9-7-2/h17,19,27,29,35,37,42-43,47H,6-16,18,20-26,28,30-34,36,38-41H2,1-5H3,(H-,45,48,49,50)/b19-17+,29-27+,37-35+. The normalized spacial score (nSPS) is 14.8. The second-order valence-electron chi connectivity index (χ2n) is 16.0. The molecule has 0 aliphatic carbocycles. The van der Waals surface area contributed by atoms with Crippen LogP contribution in [0.1, 0.15) is 187 Å². The lowest BCUT2D eigenvalue weighted by Crippen LogP contribution is -2.45. The quantitative estimate of drug-likeness (QED) is 0.0279. The van der Waals surface area contributed by atoms with Gasteiger partial charge in [0.05, 0.1) is 39.9 Å². The van der Waals surface area contributed by atoms with Gasteiger partial charge in [-0.3, -0.25) is 9.36 Å². The molecule has 2 N–H and O–H groups in total. The molecule has 0 aromatic carbocycles. The summed E-state index contributed by atoms with van der Waals surface area (Å²) < 4.78 is 23.1. The highest BCUT2D eigenvalue weighted by Crippen LogP contribution is 2.38. The number of hydrogen-bond donors (Lipinski definition) is 2. The third-order valence-corrected chi connectivity index (χ3v) is 10.5. The summed E-state index contributed by atoms with van der Waals surface area (Å²) in [5.41, 5.74) is 0. The lowest BCUT2D eigenvalue weighted by atomic mass is 10.0. The first-order chi connectivity index (χ1) is 25.5. The highest BCUT2D eigenvalue weighted by Gasteiger charge is 2.23. The zero-order valence-corrected chi connectivity index (χ0v) is 36.1. The van der Waals surface area contributed by atoms with E-state index >= 15 is 0 Å². The van der Waals surface area contributed by atoms with Gasteiger partial charge in [0.2, 0.25) is 5.91 Å². The molecule has 0 bridgehead atoms. The number of carbonyl (C=O) groups excluding carboxylic acids is 1. The number of aliphatic hydroxyl groups is 1. The number of allylic oxidation sites excluding steroid dienone is 5. The predicted octanol–water partition coefficient (Wildman–Crippen LogP) is 11.3. The van der Waals surface area contributed by atoms with Crippen LogP contribution in [0.4, 0.5) is 0 Å². The summed E-state index contributed by atoms with van der Waals surface area (Å²) in [7, 11) is 1.24. The fraction of sp³-hybridized carbons (Fsp3) is 0.841. The molecule has 0 saturated carbocycles. The molecule has 53 heavy (non-hydrogen) atoms. The maximum absolute atomic E-state index is 12.8. The molecule has 0 aliphatic rings. The number of carbonyl (C=O) groups is 1. The number of phosphoric ester groups is 1. The lowest BCUT2D eigenvalue weighted by molar-refractivity contribution is -0.870. The van der Waals surface area contributed by atoms with Crippen LogP contribution < -0.4 is 10.2 Å². The molecule has 9 heteroatoms. The fourth-order valence-corrected chi connectivity index (χ4v) is 6.79. The second kappa shape index (κ2) is 36.4. The third-order valence-electron chi connectivity index (χ3n) is 9.58. The zero-order chi connectivity index (χ0) is 39.3. The summed E-state index contributed by atoms with van der Waals surface area (Å²) in [5.74, 6) is -0.211. The van der Waals surface area contributed by atoms with Crippen molar-refractivity contribution in [2.75, 3.05) is 40.9 Å². The van der Waals surface area contributed by atoms with Gasteiger partial charge in [-0.1, -0.05) is 172 Å². The Hall–Kier alpha value is -1.28. The maximum Gasteiger partial charge on any atom is 0.268 e. The van der Waals surface area contributed by atoms with E-state index in [1.807, 2.05) is 27.2 Å². The number of phosphoric acid groups is 1. The molecule has 3 atom stereocenters. The van der Waals surface area contributed by atoms with E-state index in [4.69, 9.17) is 9.05 Å². The molecule has 0 aromatic rings. The van der Waals surface area contributed by atoms with Gasteiger partial charge in [-0.25, -0.2) is 0 Å². The van der Waals surface area contributed by atoms with Crippen molar-refractivity contribution in [3.8, 4) is 0 Å². The number of amides is 1. The van der Waals surface area contributed by atoms with Crippen LogP contribution >= 0.6 is 7.82 Å². The number of nitrogens with one attached hydrogen (secondary N) is 1. The molecule has 0 saturated heterocycles. The number of nitrogens with zero attached hydrogens (tertiary/aromatic N) is 1. The van der Waals surface area contributed by atoms with Crippen molar-refractivity contribution >= 4 is 13.7 Å². The first-order valence-corrected chi connectivity index (χ1v) is 23.3. The van der Waals surface area contributed by atoms with Crippen molar-refractivity contribution in [3.63, 3.8) is 0 Å². The topological polar surface area (TPSA) is 108 Å². The molecular formula is C44H85N2O6P. The minimum absolute atomic E-state index is 0.00802. The molecule has 0 aliphatic heterocycles. The molecule has 3 unspecified atom stereocenters. The van der Waals surface area contributed by atoms with Gasteiger partial charge in [-0.05, 0) is 44.9 Å². The van der Waals surface area contributed by atoms with E-state index < -0.39 is 26.6 Å². The Kier molecular flexibility index (Phi) is 35.5. The Labute approximate surface area is 327 Å². The summed E-state index contributed by atoms with van der Waals surface area (Å²) in [6.45, 7) is 4.59. The average molecular weight is 769 g/mol. The van der Waals surface area contributed by atoms with Gasteiger partial charge >= 0.3 is 0 Å². The van der Waals surface area contributed by atoms with E-state index in [1.54, 1.807) is 6.08 Å². The fourth-order valence-electron chi connectivity index (χ4n) is 6.07. The number of likely N-dealkylation sites (N-methyl/N-ethyl adjacent to an activating group) is 1. The lowest BCUT2D eigenvalue weighted by Gasteiger charge is -2.29. The van der Waals surface area contributed by atoms with Crippen LogP contribution in [0, 0.1) is 0 Å². The maximum atomic E-state index is 12.8. The Balaban J connectivity index is 4.47. The Bertz CT molecular complexity index is 964. The van der Waals surface area contributed by atoms with Gasteiger partial charge in [-0.2, -0.15) is 0 Å². The van der Waals surface area contributed by atoms with Crippen molar-refractivity contribution in [3.05, 3.63) is 36.5 Å². The summed E-state index contributed by atoms with van der Waals surface area (Å²) in [4.78, 5) is 25.3. The van der Waals surface area contributed by atoms with Gasteiger partial charge in [0.1, 0.15) is 13.2 Å². The largest absolute Gasteiger partial charge is 0.756 e. The number of unbranched alkanes of at least 4 members (excludes halogenated alkanes) is 22. The van der Waals surface area contributed by atoms with Gasteiger partial charge in [0, 0.05) is 6.42 Å². The van der Waals surface area contributed by atoms with Crippen LogP contribution in [0.15, 0.2) is 36.5 Å². The van der Waals surface area contributed by atoms with Crippen molar-refractivity contribution in [2.45, 2.75) is 199 Å². The molecule has 0 heterocycles. The molecule has 0 fully saturated rings. The number of aliphatic hydroxyl groups excluding tert-OH is 1. The SMILES string of the molecule is CCCCCC/C=C/CC/C=C/CC/C=C/C(O)C(COP(=O)([O-])OCC[N+](C)(C)C)NC(=O)CCCCCCCCCCCCCCCCCCC. The molecule has 0 radical (unpaired) electrons. The first-order valence-electron chi connectivity index (χ1n) is 21.9. The minimum atomic E-state index is -4.59. The molecule has 0 rings (SSSR count). The van der Waals surface area contributed by atoms with Gasteiger partial charge in [0.25, 0.3) is 7.82 Å². The van der Waals surface area contributed by atoms with Crippen LogP contribution in [0.2, 0.25) is 0 Å². The van der Waals surface area contributed by atoms with E-state index in [1.165, 1.54) is 122 Å². The monoisotopic (exact) mass is 769 g/mol. The van der Waals surface area contributed by atoms with E-state index in [0.29, 0.717) is 17.4 Å². The van der Waals surface area contributed by atoms with E-state index in [0.717, 1.165) is 44.9 Å². The summed E-state index contributed by atoms with van der Waals surface area (Å²) in [6, 6.07) is -0.905. The highest BCUT2D eigenvalue weighted by atomic mass is 31.2. The Morgan fingerprint density at radius 1 is 0.642 bits per heavy atom. The van der Waals surface area contributed by atoms with Gasteiger partial charge in [0.15, 0.2) is 0 Å². The molecule has 0 aromatic heterocycles. The molecule has 0 spiro atoms. The predicted molar refractivity (Wildman–Crippen MR) is 224 cm³/mol. The van der Waals surface area contributed by atoms with E-state index in [2.05, 4.69) is 43.5 Å². The molecule has 312 valence electrons. The van der Waals surface area contributed by atoms with Crippen LogP contribution in [-0.2, 0) is 18.4 Å². The summed E-state index contributed by atoms with van der Waals surface area (Å²) in [5, 5.41) is 13.7. The summed E-state index contributed by atoms with van der Waals surface area (Å²) in [6.07, 6.45) is 43.3. The smallest absolute Gasteiger partial charge is 0.268 e. The van der Waals surface area contributed by atoms with Crippen LogP contribution in [0.3, 0.4) is 0 Å². The molecular weight excluding hydrogens is 683 g/mol. The van der Waals surface area contributed by atoms with Gasteiger partial charge < -0.3 is 28.8 Å². The summed E-state index contributed by atoms with van der Waals surface area (Å²) >= 11 is 0. The van der Waals surface area contributed by atoms with Crippen molar-refractivity contribution in [1.82, 2.24) is 5.32 Å². The van der Waals surface area contributed by atoms with Crippen LogP contribution in [-0.4, -0.2) is 68.5 Å². The van der Waals surface area contributed by atoms with Crippen LogP contribution in [0.25, 0.3) is 0 Å². The molecule has 8 nitrogen and oxygen atoms in total. The minimum Gasteiger partial charge on any atom is -0.756 e. The molecule has 1 amide bonds. The Morgan fingerprint density at radius 3 is 1.53 bits per heavy atom. The number of hydrogen-bond acceptors (Lipinski definition) is 6. The average Bonchev–Trinajstić information content (AvgIpc) is 3.10. The third kappa shape index (κ3) is 38.8. The zero-order valence-electron chi connectivity index (χ0n) is 35.2. The van der Waals surface area contributed by atoms with Gasteiger partial charge in [-0.15, -0.1) is 0 Å². The van der Waals surface area contributed by atoms with Crippen molar-refractivity contribution in [2.24, 2.45) is 0 Å². The van der Waals surface area contributed by atoms with Crippen molar-refractivity contribution < 1.29 is 32.9 Å². The van der Waals surface area contributed by atoms with Crippen LogP contribution in [0.5, 0.6) is 0 Å². The van der Waals surface area contributed by atoms with Crippen molar-refractivity contribution in [1.29, 1.82) is 0 Å². The van der Waals surface area contributed by atoms with E-state index in [-0.39, 0.29) is 12.5 Å².